The molecule has 9 nitrogen and oxygen atoms in total. The topological polar surface area (TPSA) is 113 Å². The molecule has 0 bridgehead atoms. The highest BCUT2D eigenvalue weighted by Crippen LogP contribution is 2.38. The summed E-state index contributed by atoms with van der Waals surface area (Å²) in [6.45, 7) is 1.65. The molecule has 30 heavy (non-hydrogen) atoms. The van der Waals surface area contributed by atoms with Gasteiger partial charge in [-0.25, -0.2) is 4.98 Å². The average molecular weight is 412 g/mol. The van der Waals surface area contributed by atoms with Crippen LogP contribution in [-0.4, -0.2) is 37.2 Å². The van der Waals surface area contributed by atoms with Gasteiger partial charge in [0, 0.05) is 25.1 Å². The van der Waals surface area contributed by atoms with E-state index < -0.39 is 0 Å². The predicted molar refractivity (Wildman–Crippen MR) is 111 cm³/mol. The number of amides is 1. The highest BCUT2D eigenvalue weighted by molar-refractivity contribution is 5.89. The monoisotopic (exact) mass is 412 g/mol. The molecule has 0 aliphatic carbocycles. The predicted octanol–water partition coefficient (Wildman–Crippen LogP) is 2.82. The van der Waals surface area contributed by atoms with Gasteiger partial charge in [0.1, 0.15) is 11.6 Å². The lowest BCUT2D eigenvalue weighted by Gasteiger charge is -2.19. The highest BCUT2D eigenvalue weighted by atomic mass is 16.5. The minimum atomic E-state index is -0.219. The van der Waals surface area contributed by atoms with Crippen molar-refractivity contribution in [2.75, 3.05) is 32.0 Å². The number of furan rings is 1. The van der Waals surface area contributed by atoms with Crippen LogP contribution in [-0.2, 0) is 17.8 Å². The SMILES string of the molecule is COc1cc(Cc2cnc(N(Cc3ccco3)C(C)=O)nc2N)cc(OC)c1OC. The lowest BCUT2D eigenvalue weighted by atomic mass is 10.1. The van der Waals surface area contributed by atoms with Crippen LogP contribution in [0.15, 0.2) is 41.1 Å². The molecule has 9 heteroatoms. The van der Waals surface area contributed by atoms with Gasteiger partial charge in [0.05, 0.1) is 34.1 Å². The van der Waals surface area contributed by atoms with Crippen LogP contribution in [0.2, 0.25) is 0 Å². The molecule has 0 saturated carbocycles. The van der Waals surface area contributed by atoms with Gasteiger partial charge in [-0.3, -0.25) is 9.69 Å². The summed E-state index contributed by atoms with van der Waals surface area (Å²) in [5.74, 6) is 2.49. The largest absolute Gasteiger partial charge is 0.493 e. The third-order valence-electron chi connectivity index (χ3n) is 4.52. The third kappa shape index (κ3) is 4.45. The molecule has 0 fully saturated rings. The molecule has 0 aliphatic rings. The lowest BCUT2D eigenvalue weighted by molar-refractivity contribution is -0.116. The number of carbonyl (C=O) groups excluding carboxylic acids is 1. The molecule has 0 radical (unpaired) electrons. The van der Waals surface area contributed by atoms with Crippen LogP contribution < -0.4 is 24.8 Å². The summed E-state index contributed by atoms with van der Waals surface area (Å²) < 4.78 is 21.5. The van der Waals surface area contributed by atoms with E-state index in [0.29, 0.717) is 35.0 Å². The molecule has 0 unspecified atom stereocenters. The zero-order valence-electron chi connectivity index (χ0n) is 17.3. The maximum atomic E-state index is 12.1. The molecule has 2 heterocycles. The van der Waals surface area contributed by atoms with Crippen molar-refractivity contribution in [1.82, 2.24) is 9.97 Å². The summed E-state index contributed by atoms with van der Waals surface area (Å²) in [5.41, 5.74) is 7.76. The van der Waals surface area contributed by atoms with Crippen LogP contribution in [0, 0.1) is 0 Å². The number of carbonyl (C=O) groups is 1. The van der Waals surface area contributed by atoms with Crippen molar-refractivity contribution >= 4 is 17.7 Å². The number of methoxy groups -OCH3 is 3. The average Bonchev–Trinajstić information content (AvgIpc) is 3.25. The number of ether oxygens (including phenoxy) is 3. The number of hydrogen-bond acceptors (Lipinski definition) is 8. The maximum absolute atomic E-state index is 12.1. The number of hydrogen-bond donors (Lipinski definition) is 1. The summed E-state index contributed by atoms with van der Waals surface area (Å²) in [6, 6.07) is 7.21. The van der Waals surface area contributed by atoms with Gasteiger partial charge in [0.25, 0.3) is 0 Å². The Labute approximate surface area is 174 Å². The van der Waals surface area contributed by atoms with Crippen LogP contribution in [0.25, 0.3) is 0 Å². The molecule has 2 N–H and O–H groups in total. The number of benzene rings is 1. The van der Waals surface area contributed by atoms with Crippen LogP contribution in [0.1, 0.15) is 23.8 Å². The standard InChI is InChI=1S/C21H24N4O5/c1-13(26)25(12-16-6-5-7-30-16)21-23-11-15(20(22)24-21)8-14-9-17(27-2)19(29-4)18(10-14)28-3/h5-7,9-11H,8,12H2,1-4H3,(H2,22,23,24). The van der Waals surface area contributed by atoms with E-state index in [4.69, 9.17) is 24.4 Å². The molecule has 1 amide bonds. The third-order valence-corrected chi connectivity index (χ3v) is 4.52. The van der Waals surface area contributed by atoms with Gasteiger partial charge in [-0.1, -0.05) is 0 Å². The summed E-state index contributed by atoms with van der Waals surface area (Å²) in [7, 11) is 4.67. The minimum Gasteiger partial charge on any atom is -0.493 e. The first-order chi connectivity index (χ1) is 14.5. The summed E-state index contributed by atoms with van der Waals surface area (Å²) in [5, 5.41) is 0. The second-order valence-electron chi connectivity index (χ2n) is 6.48. The van der Waals surface area contributed by atoms with Crippen molar-refractivity contribution in [2.45, 2.75) is 19.9 Å². The Kier molecular flexibility index (Phi) is 6.41. The van der Waals surface area contributed by atoms with E-state index in [1.165, 1.54) is 11.8 Å². The second kappa shape index (κ2) is 9.17. The second-order valence-corrected chi connectivity index (χ2v) is 6.48. The van der Waals surface area contributed by atoms with Crippen molar-refractivity contribution in [3.8, 4) is 17.2 Å². The molecule has 0 atom stereocenters. The molecule has 158 valence electrons. The molecule has 3 aromatic rings. The number of rotatable bonds is 8. The van der Waals surface area contributed by atoms with Gasteiger partial charge in [-0.15, -0.1) is 0 Å². The molecule has 0 spiro atoms. The van der Waals surface area contributed by atoms with Crippen molar-refractivity contribution in [3.05, 3.63) is 53.6 Å². The normalized spacial score (nSPS) is 10.5. The number of nitrogens with zero attached hydrogens (tertiary/aromatic N) is 3. The smallest absolute Gasteiger partial charge is 0.234 e. The van der Waals surface area contributed by atoms with Crippen LogP contribution >= 0.6 is 0 Å². The Balaban J connectivity index is 1.87. The van der Waals surface area contributed by atoms with Gasteiger partial charge < -0.3 is 24.4 Å². The van der Waals surface area contributed by atoms with E-state index in [0.717, 1.165) is 5.56 Å². The van der Waals surface area contributed by atoms with Gasteiger partial charge >= 0.3 is 0 Å². The molecule has 3 rings (SSSR count). The maximum Gasteiger partial charge on any atom is 0.234 e. The molecule has 1 aromatic carbocycles. The molecular formula is C21H24N4O5. The quantitative estimate of drug-likeness (QED) is 0.601. The van der Waals surface area contributed by atoms with E-state index >= 15 is 0 Å². The van der Waals surface area contributed by atoms with Crippen molar-refractivity contribution in [3.63, 3.8) is 0 Å². The van der Waals surface area contributed by atoms with E-state index in [1.807, 2.05) is 12.1 Å². The van der Waals surface area contributed by atoms with E-state index in [1.54, 1.807) is 45.9 Å². The Hall–Kier alpha value is -3.75. The Bertz CT molecular complexity index is 995. The highest BCUT2D eigenvalue weighted by Gasteiger charge is 2.19. The fourth-order valence-corrected chi connectivity index (χ4v) is 3.02. The summed E-state index contributed by atoms with van der Waals surface area (Å²) in [4.78, 5) is 22.2. The first-order valence-corrected chi connectivity index (χ1v) is 9.17. The van der Waals surface area contributed by atoms with Gasteiger partial charge in [-0.2, -0.15) is 4.98 Å². The zero-order valence-corrected chi connectivity index (χ0v) is 17.3. The van der Waals surface area contributed by atoms with Gasteiger partial charge in [0.15, 0.2) is 11.5 Å². The number of aromatic nitrogens is 2. The molecule has 0 aliphatic heterocycles. The van der Waals surface area contributed by atoms with Crippen LogP contribution in [0.3, 0.4) is 0 Å². The number of anilines is 2. The molecule has 2 aromatic heterocycles. The molecule has 0 saturated heterocycles. The Morgan fingerprint density at radius 2 is 1.87 bits per heavy atom. The fourth-order valence-electron chi connectivity index (χ4n) is 3.02. The van der Waals surface area contributed by atoms with Crippen LogP contribution in [0.4, 0.5) is 11.8 Å². The van der Waals surface area contributed by atoms with E-state index in [2.05, 4.69) is 9.97 Å². The number of nitrogen functional groups attached to an aromatic ring is 1. The van der Waals surface area contributed by atoms with Crippen molar-refractivity contribution in [1.29, 1.82) is 0 Å². The fraction of sp³-hybridized carbons (Fsp3) is 0.286. The van der Waals surface area contributed by atoms with Crippen molar-refractivity contribution in [2.24, 2.45) is 0 Å². The summed E-state index contributed by atoms with van der Waals surface area (Å²) in [6.07, 6.45) is 3.60. The lowest BCUT2D eigenvalue weighted by Crippen LogP contribution is -2.29. The summed E-state index contributed by atoms with van der Waals surface area (Å²) >= 11 is 0. The molecular weight excluding hydrogens is 388 g/mol. The van der Waals surface area contributed by atoms with E-state index in [9.17, 15) is 4.79 Å². The Morgan fingerprint density at radius 3 is 2.37 bits per heavy atom. The number of nitrogens with two attached hydrogens (primary N) is 1. The van der Waals surface area contributed by atoms with Crippen LogP contribution in [0.5, 0.6) is 17.2 Å². The van der Waals surface area contributed by atoms with E-state index in [-0.39, 0.29) is 24.2 Å². The first kappa shape index (κ1) is 21.0. The Morgan fingerprint density at radius 1 is 1.17 bits per heavy atom. The zero-order chi connectivity index (χ0) is 21.7. The minimum absolute atomic E-state index is 0.213. The van der Waals surface area contributed by atoms with Gasteiger partial charge in [-0.05, 0) is 29.8 Å². The van der Waals surface area contributed by atoms with Crippen molar-refractivity contribution < 1.29 is 23.4 Å². The van der Waals surface area contributed by atoms with Gasteiger partial charge in [0.2, 0.25) is 17.6 Å². The first-order valence-electron chi connectivity index (χ1n) is 9.17.